The normalized spacial score (nSPS) is 16.1. The van der Waals surface area contributed by atoms with E-state index in [-0.39, 0.29) is 21.7 Å². The van der Waals surface area contributed by atoms with E-state index in [2.05, 4.69) is 0 Å². The molecular weight excluding hydrogens is 396 g/mol. The number of esters is 1. The number of carbonyl (C=O) groups is 2. The lowest BCUT2D eigenvalue weighted by Crippen LogP contribution is -2.36. The maximum absolute atomic E-state index is 13.0. The van der Waals surface area contributed by atoms with Gasteiger partial charge in [0, 0.05) is 18.8 Å². The van der Waals surface area contributed by atoms with Crippen LogP contribution in [0.4, 0.5) is 0 Å². The predicted octanol–water partition coefficient (Wildman–Crippen LogP) is 2.77. The number of rotatable bonds is 7. The first-order valence-electron chi connectivity index (χ1n) is 9.32. The molecule has 0 aliphatic carbocycles. The maximum Gasteiger partial charge on any atom is 0.338 e. The lowest BCUT2D eigenvalue weighted by atomic mass is 10.1. The molecule has 0 saturated carbocycles. The molecule has 1 saturated heterocycles. The Morgan fingerprint density at radius 2 is 1.79 bits per heavy atom. The molecule has 158 valence electrons. The van der Waals surface area contributed by atoms with Gasteiger partial charge in [-0.25, -0.2) is 13.2 Å². The average Bonchev–Trinajstić information content (AvgIpc) is 2.66. The molecule has 8 nitrogen and oxygen atoms in total. The third-order valence-corrected chi connectivity index (χ3v) is 6.75. The van der Waals surface area contributed by atoms with E-state index in [0.29, 0.717) is 18.7 Å². The van der Waals surface area contributed by atoms with Crippen molar-refractivity contribution < 1.29 is 27.9 Å². The largest absolute Gasteiger partial charge is 0.508 e. The summed E-state index contributed by atoms with van der Waals surface area (Å²) in [5.74, 6) is -1.87. The van der Waals surface area contributed by atoms with Crippen molar-refractivity contribution in [3.05, 3.63) is 40.7 Å². The molecule has 29 heavy (non-hydrogen) atoms. The van der Waals surface area contributed by atoms with Gasteiger partial charge in [0.25, 0.3) is 0 Å². The Balaban J connectivity index is 2.24. The smallest absolute Gasteiger partial charge is 0.338 e. The Hall–Kier alpha value is -2.52. The van der Waals surface area contributed by atoms with Gasteiger partial charge in [0.1, 0.15) is 12.4 Å². The molecule has 1 aromatic carbocycles. The molecule has 1 heterocycles. The fourth-order valence-electron chi connectivity index (χ4n) is 3.22. The topological polar surface area (TPSA) is 125 Å². The average molecular weight is 423 g/mol. The number of benzene rings is 1. The fourth-order valence-corrected chi connectivity index (χ4v) is 4.99. The first kappa shape index (κ1) is 22.8. The molecule has 1 aliphatic heterocycles. The van der Waals surface area contributed by atoms with Crippen molar-refractivity contribution in [2.75, 3.05) is 19.7 Å². The van der Waals surface area contributed by atoms with Crippen LogP contribution in [0.1, 0.15) is 49.0 Å². The number of hydrogen-bond donors (Lipinski definition) is 2. The minimum atomic E-state index is -3.72. The van der Waals surface area contributed by atoms with Gasteiger partial charge in [-0.05, 0) is 51.3 Å². The van der Waals surface area contributed by atoms with Crippen molar-refractivity contribution in [3.8, 4) is 0 Å². The number of aliphatic hydroxyl groups excluding tert-OH is 1. The number of aliphatic hydroxyl groups is 1. The summed E-state index contributed by atoms with van der Waals surface area (Å²) in [5.41, 5.74) is 0.189. The molecule has 2 N–H and O–H groups in total. The molecule has 0 spiro atoms. The van der Waals surface area contributed by atoms with Gasteiger partial charge in [-0.1, -0.05) is 12.5 Å². The van der Waals surface area contributed by atoms with Crippen molar-refractivity contribution in [3.63, 3.8) is 0 Å². The number of carbonyl (C=O) groups excluding carboxylic acids is 2. The van der Waals surface area contributed by atoms with Crippen LogP contribution in [0, 0.1) is 12.3 Å². The van der Waals surface area contributed by atoms with E-state index >= 15 is 0 Å². The van der Waals surface area contributed by atoms with Crippen molar-refractivity contribution >= 4 is 27.5 Å². The molecule has 0 bridgehead atoms. The molecule has 9 heteroatoms. The highest BCUT2D eigenvalue weighted by Gasteiger charge is 2.28. The number of ether oxygens (including phenoxy) is 1. The molecule has 0 radical (unpaired) electrons. The lowest BCUT2D eigenvalue weighted by Gasteiger charge is -2.26. The van der Waals surface area contributed by atoms with Gasteiger partial charge < -0.3 is 15.3 Å². The maximum atomic E-state index is 13.0. The summed E-state index contributed by atoms with van der Waals surface area (Å²) >= 11 is 0. The Bertz CT molecular complexity index is 943. The molecule has 2 rings (SSSR count). The first-order valence-corrected chi connectivity index (χ1v) is 10.8. The van der Waals surface area contributed by atoms with Gasteiger partial charge in [0.2, 0.25) is 10.0 Å². The highest BCUT2D eigenvalue weighted by Crippen LogP contribution is 2.24. The SMILES string of the molecule is CC(=N)/C(C(C)=O)=C(/O)COC(=O)c1ccc(C)c(S(=O)(=O)N2CCCCC2)c1. The van der Waals surface area contributed by atoms with E-state index in [1.807, 2.05) is 0 Å². The third-order valence-electron chi connectivity index (χ3n) is 4.71. The van der Waals surface area contributed by atoms with Crippen LogP contribution in [0.2, 0.25) is 0 Å². The standard InChI is InChI=1S/C20H26N2O6S/c1-13-7-8-16(11-18(13)29(26,27)22-9-5-4-6-10-22)20(25)28-12-17(24)19(14(2)21)15(3)23/h7-8,11,21,24H,4-6,9-10,12H2,1-3H3/b19-17-,21-14?. The van der Waals surface area contributed by atoms with Gasteiger partial charge in [-0.2, -0.15) is 4.31 Å². The Labute approximate surface area is 170 Å². The van der Waals surface area contributed by atoms with Gasteiger partial charge >= 0.3 is 5.97 Å². The second kappa shape index (κ2) is 9.32. The quantitative estimate of drug-likeness (QED) is 0.301. The van der Waals surface area contributed by atoms with Crippen LogP contribution < -0.4 is 0 Å². The second-order valence-corrected chi connectivity index (χ2v) is 8.93. The van der Waals surface area contributed by atoms with Crippen LogP contribution in [-0.2, 0) is 19.6 Å². The Kier molecular flexibility index (Phi) is 7.32. The van der Waals surface area contributed by atoms with Gasteiger partial charge in [-0.15, -0.1) is 0 Å². The number of aryl methyl sites for hydroxylation is 1. The summed E-state index contributed by atoms with van der Waals surface area (Å²) in [6.07, 6.45) is 2.60. The molecule has 1 fully saturated rings. The summed E-state index contributed by atoms with van der Waals surface area (Å²) in [6.45, 7) is 4.51. The zero-order valence-electron chi connectivity index (χ0n) is 16.8. The van der Waals surface area contributed by atoms with Crippen molar-refractivity contribution in [2.24, 2.45) is 0 Å². The van der Waals surface area contributed by atoms with Crippen LogP contribution in [0.15, 0.2) is 34.4 Å². The number of piperidine rings is 1. The molecule has 1 aromatic rings. The summed E-state index contributed by atoms with van der Waals surface area (Å²) in [6, 6.07) is 4.25. The summed E-state index contributed by atoms with van der Waals surface area (Å²) < 4.78 is 32.4. The summed E-state index contributed by atoms with van der Waals surface area (Å²) in [5, 5.41) is 17.5. The van der Waals surface area contributed by atoms with Crippen LogP contribution in [-0.4, -0.2) is 55.0 Å². The number of nitrogens with zero attached hydrogens (tertiary/aromatic N) is 1. The third kappa shape index (κ3) is 5.30. The molecule has 0 unspecified atom stereocenters. The summed E-state index contributed by atoms with van der Waals surface area (Å²) in [7, 11) is -3.72. The number of ketones is 1. The number of nitrogens with one attached hydrogen (secondary N) is 1. The number of hydrogen-bond acceptors (Lipinski definition) is 7. The zero-order chi connectivity index (χ0) is 21.8. The van der Waals surface area contributed by atoms with E-state index in [9.17, 15) is 23.1 Å². The van der Waals surface area contributed by atoms with Gasteiger partial charge in [0.05, 0.1) is 16.0 Å². The van der Waals surface area contributed by atoms with Crippen LogP contribution >= 0.6 is 0 Å². The van der Waals surface area contributed by atoms with E-state index in [0.717, 1.165) is 19.3 Å². The van der Waals surface area contributed by atoms with Crippen LogP contribution in [0.5, 0.6) is 0 Å². The number of Topliss-reactive ketones (excluding diaryl/α,β-unsaturated/α-hetero) is 1. The highest BCUT2D eigenvalue weighted by molar-refractivity contribution is 7.89. The van der Waals surface area contributed by atoms with E-state index in [1.54, 1.807) is 6.92 Å². The monoisotopic (exact) mass is 422 g/mol. The Morgan fingerprint density at radius 3 is 2.34 bits per heavy atom. The lowest BCUT2D eigenvalue weighted by molar-refractivity contribution is -0.113. The molecule has 1 aliphatic rings. The highest BCUT2D eigenvalue weighted by atomic mass is 32.2. The van der Waals surface area contributed by atoms with Gasteiger partial charge in [0.15, 0.2) is 5.78 Å². The van der Waals surface area contributed by atoms with Crippen LogP contribution in [0.25, 0.3) is 0 Å². The van der Waals surface area contributed by atoms with E-state index in [1.165, 1.54) is 36.4 Å². The first-order chi connectivity index (χ1) is 13.6. The minimum Gasteiger partial charge on any atom is -0.508 e. The van der Waals surface area contributed by atoms with E-state index in [4.69, 9.17) is 10.1 Å². The molecule has 0 amide bonds. The number of allylic oxidation sites excluding steroid dienone is 1. The second-order valence-electron chi connectivity index (χ2n) is 7.02. The number of sulfonamides is 1. The van der Waals surface area contributed by atoms with Crippen molar-refractivity contribution in [1.29, 1.82) is 5.41 Å². The van der Waals surface area contributed by atoms with Crippen LogP contribution in [0.3, 0.4) is 0 Å². The predicted molar refractivity (Wildman–Crippen MR) is 108 cm³/mol. The van der Waals surface area contributed by atoms with Gasteiger partial charge in [-0.3, -0.25) is 4.79 Å². The molecular formula is C20H26N2O6S. The molecule has 0 atom stereocenters. The fraction of sp³-hybridized carbons (Fsp3) is 0.450. The van der Waals surface area contributed by atoms with E-state index < -0.39 is 34.1 Å². The van der Waals surface area contributed by atoms with Crippen molar-refractivity contribution in [2.45, 2.75) is 44.9 Å². The zero-order valence-corrected chi connectivity index (χ0v) is 17.6. The van der Waals surface area contributed by atoms with Crippen molar-refractivity contribution in [1.82, 2.24) is 4.31 Å². The Morgan fingerprint density at radius 1 is 1.17 bits per heavy atom. The minimum absolute atomic E-state index is 0.0231. The summed E-state index contributed by atoms with van der Waals surface area (Å²) in [4.78, 5) is 23.9. The molecule has 0 aromatic heterocycles.